The predicted molar refractivity (Wildman–Crippen MR) is 102 cm³/mol. The lowest BCUT2D eigenvalue weighted by Gasteiger charge is -2.07. The van der Waals surface area contributed by atoms with Gasteiger partial charge in [0.1, 0.15) is 12.4 Å². The van der Waals surface area contributed by atoms with Crippen molar-refractivity contribution in [2.45, 2.75) is 6.61 Å². The summed E-state index contributed by atoms with van der Waals surface area (Å²) in [5, 5.41) is 2.05. The van der Waals surface area contributed by atoms with Gasteiger partial charge < -0.3 is 4.74 Å². The molecule has 0 fully saturated rings. The molecule has 25 heavy (non-hydrogen) atoms. The Bertz CT molecular complexity index is 918. The number of hydrogen-bond acceptors (Lipinski definition) is 4. The van der Waals surface area contributed by atoms with Gasteiger partial charge in [0, 0.05) is 28.4 Å². The van der Waals surface area contributed by atoms with E-state index in [0.29, 0.717) is 6.61 Å². The minimum atomic E-state index is 0.562. The van der Waals surface area contributed by atoms with Crippen LogP contribution >= 0.6 is 11.3 Å². The Morgan fingerprint density at radius 2 is 1.52 bits per heavy atom. The van der Waals surface area contributed by atoms with Gasteiger partial charge >= 0.3 is 0 Å². The Morgan fingerprint density at radius 3 is 2.20 bits per heavy atom. The van der Waals surface area contributed by atoms with E-state index in [4.69, 9.17) is 4.74 Å². The first-order valence-corrected chi connectivity index (χ1v) is 8.89. The van der Waals surface area contributed by atoms with Crippen molar-refractivity contribution in [3.05, 3.63) is 90.1 Å². The molecule has 3 nitrogen and oxygen atoms in total. The summed E-state index contributed by atoms with van der Waals surface area (Å²) < 4.78 is 5.81. The molecule has 0 bridgehead atoms. The maximum atomic E-state index is 5.81. The van der Waals surface area contributed by atoms with Crippen molar-refractivity contribution in [1.29, 1.82) is 0 Å². The fourth-order valence-electron chi connectivity index (χ4n) is 2.49. The minimum Gasteiger partial charge on any atom is -0.489 e. The Labute approximate surface area is 150 Å². The summed E-state index contributed by atoms with van der Waals surface area (Å²) in [6.07, 6.45) is 3.74. The smallest absolute Gasteiger partial charge is 0.159 e. The molecule has 0 aliphatic carbocycles. The van der Waals surface area contributed by atoms with E-state index in [1.165, 1.54) is 4.88 Å². The average Bonchev–Trinajstić information content (AvgIpc) is 3.23. The molecule has 0 saturated heterocycles. The second-order valence-corrected chi connectivity index (χ2v) is 6.52. The zero-order valence-corrected chi connectivity index (χ0v) is 14.3. The van der Waals surface area contributed by atoms with E-state index in [1.54, 1.807) is 11.3 Å². The van der Waals surface area contributed by atoms with E-state index >= 15 is 0 Å². The van der Waals surface area contributed by atoms with Crippen LogP contribution in [0, 0.1) is 0 Å². The van der Waals surface area contributed by atoms with Gasteiger partial charge in [-0.3, -0.25) is 0 Å². The molecular weight excluding hydrogens is 328 g/mol. The number of thiophene rings is 1. The Kier molecular flexibility index (Phi) is 4.53. The maximum absolute atomic E-state index is 5.81. The third kappa shape index (κ3) is 3.75. The number of aromatic nitrogens is 2. The van der Waals surface area contributed by atoms with Gasteiger partial charge in [0.15, 0.2) is 5.82 Å². The molecule has 0 saturated carbocycles. The molecule has 0 atom stereocenters. The van der Waals surface area contributed by atoms with Crippen LogP contribution in [0.1, 0.15) is 5.56 Å². The third-order valence-corrected chi connectivity index (χ3v) is 4.74. The van der Waals surface area contributed by atoms with E-state index in [2.05, 4.69) is 33.5 Å². The molecule has 122 valence electrons. The van der Waals surface area contributed by atoms with Gasteiger partial charge in [-0.15, -0.1) is 11.3 Å². The average molecular weight is 344 g/mol. The van der Waals surface area contributed by atoms with E-state index < -0.39 is 0 Å². The van der Waals surface area contributed by atoms with Crippen molar-refractivity contribution in [3.8, 4) is 27.6 Å². The Balaban J connectivity index is 1.44. The maximum Gasteiger partial charge on any atom is 0.159 e. The van der Waals surface area contributed by atoms with Gasteiger partial charge in [0.2, 0.25) is 0 Å². The highest BCUT2D eigenvalue weighted by molar-refractivity contribution is 7.13. The summed E-state index contributed by atoms with van der Waals surface area (Å²) in [6, 6.07) is 22.1. The van der Waals surface area contributed by atoms with E-state index in [-0.39, 0.29) is 0 Å². The standard InChI is InChI=1S/C21H16N2OS/c1-2-5-16(6-3-1)15-24-19-10-8-17(9-11-19)21-22-13-18(14-23-21)20-7-4-12-25-20/h1-14H,15H2. The summed E-state index contributed by atoms with van der Waals surface area (Å²) in [5.41, 5.74) is 3.17. The van der Waals surface area contributed by atoms with Crippen LogP contribution in [0.2, 0.25) is 0 Å². The highest BCUT2D eigenvalue weighted by Gasteiger charge is 2.04. The second kappa shape index (κ2) is 7.28. The van der Waals surface area contributed by atoms with Crippen LogP contribution in [0.4, 0.5) is 0 Å². The highest BCUT2D eigenvalue weighted by atomic mass is 32.1. The molecule has 0 spiro atoms. The second-order valence-electron chi connectivity index (χ2n) is 5.57. The molecule has 4 aromatic rings. The SMILES string of the molecule is c1ccc(COc2ccc(-c3ncc(-c4cccs4)cn3)cc2)cc1. The van der Waals surface area contributed by atoms with Crippen molar-refractivity contribution in [2.24, 2.45) is 0 Å². The first-order chi connectivity index (χ1) is 12.4. The van der Waals surface area contributed by atoms with Gasteiger partial charge in [0.05, 0.1) is 0 Å². The van der Waals surface area contributed by atoms with Crippen molar-refractivity contribution in [1.82, 2.24) is 9.97 Å². The molecule has 0 aliphatic heterocycles. The van der Waals surface area contributed by atoms with Crippen LogP contribution in [0.3, 0.4) is 0 Å². The molecule has 0 aliphatic rings. The van der Waals surface area contributed by atoms with Crippen LogP contribution in [-0.2, 0) is 6.61 Å². The van der Waals surface area contributed by atoms with Crippen molar-refractivity contribution in [2.75, 3.05) is 0 Å². The summed E-state index contributed by atoms with van der Waals surface area (Å²) >= 11 is 1.69. The zero-order valence-electron chi connectivity index (χ0n) is 13.5. The van der Waals surface area contributed by atoms with E-state index in [9.17, 15) is 0 Å². The lowest BCUT2D eigenvalue weighted by Crippen LogP contribution is -1.95. The van der Waals surface area contributed by atoms with Crippen LogP contribution < -0.4 is 4.74 Å². The summed E-state index contributed by atoms with van der Waals surface area (Å²) in [7, 11) is 0. The number of ether oxygens (including phenoxy) is 1. The number of benzene rings is 2. The van der Waals surface area contributed by atoms with Crippen LogP contribution in [-0.4, -0.2) is 9.97 Å². The van der Waals surface area contributed by atoms with Gasteiger partial charge in [-0.1, -0.05) is 36.4 Å². The molecule has 0 radical (unpaired) electrons. The van der Waals surface area contributed by atoms with Gasteiger partial charge in [-0.2, -0.15) is 0 Å². The number of rotatable bonds is 5. The Hall–Kier alpha value is -2.98. The van der Waals surface area contributed by atoms with Gasteiger partial charge in [-0.05, 0) is 41.3 Å². The summed E-state index contributed by atoms with van der Waals surface area (Å²) in [4.78, 5) is 10.1. The molecule has 0 amide bonds. The number of hydrogen-bond donors (Lipinski definition) is 0. The lowest BCUT2D eigenvalue weighted by atomic mass is 10.2. The van der Waals surface area contributed by atoms with E-state index in [0.717, 1.165) is 28.3 Å². The van der Waals surface area contributed by atoms with Crippen molar-refractivity contribution in [3.63, 3.8) is 0 Å². The van der Waals surface area contributed by atoms with Crippen LogP contribution in [0.5, 0.6) is 5.75 Å². The van der Waals surface area contributed by atoms with Crippen LogP contribution in [0.15, 0.2) is 84.5 Å². The monoisotopic (exact) mass is 344 g/mol. The molecule has 2 aromatic heterocycles. The zero-order chi connectivity index (χ0) is 16.9. The first-order valence-electron chi connectivity index (χ1n) is 8.01. The molecule has 0 unspecified atom stereocenters. The minimum absolute atomic E-state index is 0.562. The molecular formula is C21H16N2OS. The normalized spacial score (nSPS) is 10.6. The van der Waals surface area contributed by atoms with Gasteiger partial charge in [0.25, 0.3) is 0 Å². The molecule has 4 rings (SSSR count). The van der Waals surface area contributed by atoms with E-state index in [1.807, 2.05) is 60.9 Å². The molecule has 4 heteroatoms. The summed E-state index contributed by atoms with van der Waals surface area (Å²) in [6.45, 7) is 0.562. The topological polar surface area (TPSA) is 35.0 Å². The third-order valence-electron chi connectivity index (χ3n) is 3.82. The lowest BCUT2D eigenvalue weighted by molar-refractivity contribution is 0.306. The van der Waals surface area contributed by atoms with Crippen LogP contribution in [0.25, 0.3) is 21.8 Å². The largest absolute Gasteiger partial charge is 0.489 e. The highest BCUT2D eigenvalue weighted by Crippen LogP contribution is 2.25. The van der Waals surface area contributed by atoms with Crippen molar-refractivity contribution < 1.29 is 4.74 Å². The first kappa shape index (κ1) is 15.5. The van der Waals surface area contributed by atoms with Gasteiger partial charge in [-0.25, -0.2) is 9.97 Å². The number of nitrogens with zero attached hydrogens (tertiary/aromatic N) is 2. The molecule has 2 heterocycles. The fraction of sp³-hybridized carbons (Fsp3) is 0.0476. The molecule has 0 N–H and O–H groups in total. The van der Waals surface area contributed by atoms with Crippen molar-refractivity contribution >= 4 is 11.3 Å². The fourth-order valence-corrected chi connectivity index (χ4v) is 3.19. The Morgan fingerprint density at radius 1 is 0.760 bits per heavy atom. The summed E-state index contributed by atoms with van der Waals surface area (Å²) in [5.74, 6) is 1.55. The quantitative estimate of drug-likeness (QED) is 0.483. The molecule has 2 aromatic carbocycles. The predicted octanol–water partition coefficient (Wildman–Crippen LogP) is 5.45.